The van der Waals surface area contributed by atoms with Gasteiger partial charge < -0.3 is 0 Å². The van der Waals surface area contributed by atoms with Crippen LogP contribution in [0.4, 0.5) is 0 Å². The highest BCUT2D eigenvalue weighted by Crippen LogP contribution is 2.14. The van der Waals surface area contributed by atoms with Crippen molar-refractivity contribution in [2.24, 2.45) is 5.90 Å². The Morgan fingerprint density at radius 2 is 1.44 bits per heavy atom. The summed E-state index contributed by atoms with van der Waals surface area (Å²) >= 11 is 0. The molecule has 0 heterocycles. The van der Waals surface area contributed by atoms with E-state index in [1.54, 1.807) is 12.1 Å². The lowest BCUT2D eigenvalue weighted by molar-refractivity contribution is 0.333. The maximum Gasteiger partial charge on any atom is 0.312 e. The molecule has 0 aromatic heterocycles. The van der Waals surface area contributed by atoms with Gasteiger partial charge in [0.1, 0.15) is 0 Å². The normalized spacial score (nSPS) is 11.4. The fraction of sp³-hybridized carbons (Fsp3) is 0.0769. The lowest BCUT2D eigenvalue weighted by atomic mass is 10.1. The summed E-state index contributed by atoms with van der Waals surface area (Å²) in [6, 6.07) is 16.4. The molecule has 0 saturated carbocycles. The molecule has 0 bridgehead atoms. The summed E-state index contributed by atoms with van der Waals surface area (Å²) < 4.78 is 26.6. The second-order valence-corrected chi connectivity index (χ2v) is 5.43. The molecule has 4 nitrogen and oxygen atoms in total. The van der Waals surface area contributed by atoms with Crippen LogP contribution in [0.1, 0.15) is 11.1 Å². The summed E-state index contributed by atoms with van der Waals surface area (Å²) in [5, 5.41) is 0. The van der Waals surface area contributed by atoms with Gasteiger partial charge in [-0.15, -0.1) is 0 Å². The van der Waals surface area contributed by atoms with Crippen LogP contribution in [-0.2, 0) is 20.8 Å². The Morgan fingerprint density at radius 1 is 0.889 bits per heavy atom. The molecule has 0 saturated heterocycles. The van der Waals surface area contributed by atoms with Crippen molar-refractivity contribution in [3.63, 3.8) is 0 Å². The van der Waals surface area contributed by atoms with Gasteiger partial charge in [0.25, 0.3) is 0 Å². The van der Waals surface area contributed by atoms with E-state index in [1.807, 2.05) is 30.3 Å². The molecular weight excluding hydrogens is 250 g/mol. The highest BCUT2D eigenvalue weighted by atomic mass is 32.2. The Morgan fingerprint density at radius 3 is 2.00 bits per heavy atom. The average Bonchev–Trinajstić information content (AvgIpc) is 2.40. The van der Waals surface area contributed by atoms with Crippen LogP contribution in [-0.4, -0.2) is 8.42 Å². The first-order chi connectivity index (χ1) is 8.62. The van der Waals surface area contributed by atoms with E-state index in [2.05, 4.69) is 4.28 Å². The van der Waals surface area contributed by atoms with Crippen molar-refractivity contribution >= 4 is 10.1 Å². The third-order valence-corrected chi connectivity index (χ3v) is 3.69. The van der Waals surface area contributed by atoms with Gasteiger partial charge in [0, 0.05) is 0 Å². The zero-order valence-corrected chi connectivity index (χ0v) is 10.4. The van der Waals surface area contributed by atoms with E-state index >= 15 is 0 Å². The molecule has 0 aliphatic carbocycles. The minimum Gasteiger partial charge on any atom is -0.197 e. The highest BCUT2D eigenvalue weighted by molar-refractivity contribution is 7.86. The molecule has 0 atom stereocenters. The topological polar surface area (TPSA) is 69.4 Å². The lowest BCUT2D eigenvalue weighted by Gasteiger charge is -2.04. The summed E-state index contributed by atoms with van der Waals surface area (Å²) in [5.74, 6) is 4.71. The van der Waals surface area contributed by atoms with Gasteiger partial charge in [-0.2, -0.15) is 18.6 Å². The van der Waals surface area contributed by atoms with E-state index in [1.165, 1.54) is 17.7 Å². The second-order valence-electron chi connectivity index (χ2n) is 3.86. The third kappa shape index (κ3) is 2.95. The zero-order chi connectivity index (χ0) is 13.0. The van der Waals surface area contributed by atoms with Gasteiger partial charge in [-0.25, -0.2) is 0 Å². The lowest BCUT2D eigenvalue weighted by Crippen LogP contribution is -2.11. The van der Waals surface area contributed by atoms with Crippen LogP contribution in [0, 0.1) is 0 Å². The van der Waals surface area contributed by atoms with Crippen LogP contribution in [0.2, 0.25) is 0 Å². The molecule has 0 radical (unpaired) electrons. The molecule has 0 spiro atoms. The summed E-state index contributed by atoms with van der Waals surface area (Å²) in [5.41, 5.74) is 2.19. The monoisotopic (exact) mass is 263 g/mol. The molecule has 2 rings (SSSR count). The molecule has 0 aliphatic rings. The SMILES string of the molecule is NOS(=O)(=O)c1ccc(Cc2ccccc2)cc1. The molecule has 0 fully saturated rings. The predicted octanol–water partition coefficient (Wildman–Crippen LogP) is 1.86. The van der Waals surface area contributed by atoms with Crippen molar-refractivity contribution in [3.05, 3.63) is 65.7 Å². The maximum atomic E-state index is 11.3. The van der Waals surface area contributed by atoms with Crippen molar-refractivity contribution in [2.75, 3.05) is 0 Å². The van der Waals surface area contributed by atoms with E-state index in [4.69, 9.17) is 5.90 Å². The van der Waals surface area contributed by atoms with Gasteiger partial charge in [0.15, 0.2) is 0 Å². The summed E-state index contributed by atoms with van der Waals surface area (Å²) in [7, 11) is -3.81. The van der Waals surface area contributed by atoms with Gasteiger partial charge in [0.2, 0.25) is 0 Å². The molecule has 2 N–H and O–H groups in total. The average molecular weight is 263 g/mol. The molecule has 18 heavy (non-hydrogen) atoms. The molecule has 2 aromatic carbocycles. The smallest absolute Gasteiger partial charge is 0.197 e. The number of nitrogens with two attached hydrogens (primary N) is 1. The largest absolute Gasteiger partial charge is 0.312 e. The third-order valence-electron chi connectivity index (χ3n) is 2.59. The highest BCUT2D eigenvalue weighted by Gasteiger charge is 2.12. The molecule has 5 heteroatoms. The fourth-order valence-electron chi connectivity index (χ4n) is 1.66. The van der Waals surface area contributed by atoms with Crippen LogP contribution in [0.15, 0.2) is 59.5 Å². The maximum absolute atomic E-state index is 11.3. The van der Waals surface area contributed by atoms with Crippen LogP contribution in [0.5, 0.6) is 0 Å². The minimum absolute atomic E-state index is 0.0572. The Kier molecular flexibility index (Phi) is 3.76. The van der Waals surface area contributed by atoms with Gasteiger partial charge in [-0.3, -0.25) is 0 Å². The first kappa shape index (κ1) is 12.8. The standard InChI is InChI=1S/C13H13NO3S/c14-17-18(15,16)13-8-6-12(7-9-13)10-11-4-2-1-3-5-11/h1-9H,10,14H2. The Balaban J connectivity index is 2.19. The summed E-state index contributed by atoms with van der Waals surface area (Å²) in [6.07, 6.45) is 0.755. The Bertz CT molecular complexity index is 606. The van der Waals surface area contributed by atoms with Crippen molar-refractivity contribution in [1.82, 2.24) is 0 Å². The van der Waals surface area contributed by atoms with E-state index in [0.717, 1.165) is 12.0 Å². The van der Waals surface area contributed by atoms with Crippen LogP contribution < -0.4 is 5.90 Å². The van der Waals surface area contributed by atoms with Crippen LogP contribution >= 0.6 is 0 Å². The quantitative estimate of drug-likeness (QED) is 0.855. The second kappa shape index (κ2) is 5.30. The zero-order valence-electron chi connectivity index (χ0n) is 9.61. The van der Waals surface area contributed by atoms with Gasteiger partial charge in [-0.05, 0) is 29.7 Å². The molecule has 0 unspecified atom stereocenters. The molecule has 94 valence electrons. The summed E-state index contributed by atoms with van der Waals surface area (Å²) in [4.78, 5) is 0.0572. The first-order valence-corrected chi connectivity index (χ1v) is 6.79. The van der Waals surface area contributed by atoms with Crippen molar-refractivity contribution < 1.29 is 12.7 Å². The van der Waals surface area contributed by atoms with E-state index in [0.29, 0.717) is 0 Å². The Labute approximate surface area is 106 Å². The molecule has 0 amide bonds. The van der Waals surface area contributed by atoms with Crippen molar-refractivity contribution in [3.8, 4) is 0 Å². The number of hydrogen-bond donors (Lipinski definition) is 1. The fourth-order valence-corrected chi connectivity index (χ4v) is 2.24. The molecule has 2 aromatic rings. The minimum atomic E-state index is -3.81. The number of benzene rings is 2. The van der Waals surface area contributed by atoms with Crippen molar-refractivity contribution in [1.29, 1.82) is 0 Å². The Hall–Kier alpha value is -1.69. The molecule has 0 aliphatic heterocycles. The van der Waals surface area contributed by atoms with E-state index in [-0.39, 0.29) is 4.90 Å². The van der Waals surface area contributed by atoms with Crippen molar-refractivity contribution in [2.45, 2.75) is 11.3 Å². The first-order valence-electron chi connectivity index (χ1n) is 5.38. The summed E-state index contributed by atoms with van der Waals surface area (Å²) in [6.45, 7) is 0. The molecular formula is C13H13NO3S. The van der Waals surface area contributed by atoms with Crippen LogP contribution in [0.3, 0.4) is 0 Å². The van der Waals surface area contributed by atoms with Gasteiger partial charge >= 0.3 is 10.1 Å². The number of rotatable bonds is 4. The van der Waals surface area contributed by atoms with E-state index in [9.17, 15) is 8.42 Å². The van der Waals surface area contributed by atoms with Crippen LogP contribution in [0.25, 0.3) is 0 Å². The van der Waals surface area contributed by atoms with E-state index < -0.39 is 10.1 Å². The number of hydrogen-bond acceptors (Lipinski definition) is 4. The predicted molar refractivity (Wildman–Crippen MR) is 68.1 cm³/mol. The van der Waals surface area contributed by atoms with Gasteiger partial charge in [-0.1, -0.05) is 42.5 Å². The van der Waals surface area contributed by atoms with Gasteiger partial charge in [0.05, 0.1) is 4.90 Å².